The predicted octanol–water partition coefficient (Wildman–Crippen LogP) is 8.13. The fraction of sp³-hybridized carbons (Fsp3) is 0.200. The van der Waals surface area contributed by atoms with Crippen LogP contribution in [0.1, 0.15) is 41.0 Å². The quantitative estimate of drug-likeness (QED) is 0.0781. The number of carbonyl (C=O) groups excluding carboxylic acids is 4. The van der Waals surface area contributed by atoms with E-state index in [0.717, 1.165) is 22.3 Å². The maximum absolute atomic E-state index is 14.4. The van der Waals surface area contributed by atoms with Gasteiger partial charge in [-0.05, 0) is 82.2 Å². The smallest absolute Gasteiger partial charge is 0.238 e. The van der Waals surface area contributed by atoms with E-state index in [1.165, 1.54) is 17.0 Å². The highest BCUT2D eigenvalue weighted by atomic mass is 79.9. The number of ether oxygens (including phenoxy) is 3. The number of halogens is 1. The van der Waals surface area contributed by atoms with Gasteiger partial charge in [-0.3, -0.25) is 24.1 Å². The molecule has 0 radical (unpaired) electrons. The van der Waals surface area contributed by atoms with Crippen LogP contribution in [0, 0.1) is 17.8 Å². The fourth-order valence-corrected chi connectivity index (χ4v) is 8.75. The van der Waals surface area contributed by atoms with Gasteiger partial charge in [0.05, 0.1) is 36.2 Å². The highest BCUT2D eigenvalue weighted by Gasteiger charge is 2.57. The van der Waals surface area contributed by atoms with E-state index in [1.807, 2.05) is 78.9 Å². The van der Waals surface area contributed by atoms with Gasteiger partial charge in [0.15, 0.2) is 11.6 Å². The number of allylic oxidation sites excluding steroid dienone is 6. The van der Waals surface area contributed by atoms with E-state index in [1.54, 1.807) is 38.5 Å². The third-order valence-corrected chi connectivity index (χ3v) is 11.5. The Kier molecular flexibility index (Phi) is 9.61. The first-order valence-corrected chi connectivity index (χ1v) is 18.7. The standard InChI is InChI=1S/C45H36BrNO8/c1-53-29-15-19-39(54-2)27(20-29)11-8-25-9-12-28(13-10-25)47-44(51)33-18-17-31-34(41(33)45(47)52)22-35-42(38(49)23-36(46)43(35)50)40(31)32-16-14-30(21-37(32)48)55-24-26-6-4-3-5-7-26/h3-17,19-21,23,33-34,40-41,48H,18,22,24H2,1-2H3. The number of anilines is 1. The Balaban J connectivity index is 1.09. The second kappa shape index (κ2) is 14.7. The highest BCUT2D eigenvalue weighted by molar-refractivity contribution is 9.12. The number of nitrogens with zero attached hydrogens (tertiary/aromatic N) is 1. The molecule has 4 unspecified atom stereocenters. The van der Waals surface area contributed by atoms with Gasteiger partial charge < -0.3 is 19.3 Å². The predicted molar refractivity (Wildman–Crippen MR) is 211 cm³/mol. The van der Waals surface area contributed by atoms with Crippen LogP contribution in [0.4, 0.5) is 5.69 Å². The molecule has 3 aliphatic carbocycles. The molecule has 4 aromatic rings. The van der Waals surface area contributed by atoms with Crippen LogP contribution in [0.15, 0.2) is 124 Å². The summed E-state index contributed by atoms with van der Waals surface area (Å²) in [6, 6.07) is 27.3. The summed E-state index contributed by atoms with van der Waals surface area (Å²) in [5.41, 5.74) is 4.83. The zero-order valence-electron chi connectivity index (χ0n) is 30.0. The summed E-state index contributed by atoms with van der Waals surface area (Å²) in [5, 5.41) is 11.5. The van der Waals surface area contributed by atoms with Gasteiger partial charge in [0.1, 0.15) is 29.6 Å². The summed E-state index contributed by atoms with van der Waals surface area (Å²) in [6.45, 7) is 0.297. The van der Waals surface area contributed by atoms with Gasteiger partial charge in [0.2, 0.25) is 11.8 Å². The molecule has 55 heavy (non-hydrogen) atoms. The zero-order chi connectivity index (χ0) is 38.4. The molecule has 1 fully saturated rings. The number of Topliss-reactive ketones (excluding diaryl/α,β-unsaturated/α-hetero) is 1. The molecule has 1 saturated heterocycles. The lowest BCUT2D eigenvalue weighted by Gasteiger charge is -2.42. The number of hydrogen-bond donors (Lipinski definition) is 1. The van der Waals surface area contributed by atoms with Gasteiger partial charge in [-0.1, -0.05) is 72.3 Å². The van der Waals surface area contributed by atoms with Crippen molar-refractivity contribution in [2.75, 3.05) is 19.1 Å². The van der Waals surface area contributed by atoms with Crippen LogP contribution in [-0.2, 0) is 25.8 Å². The molecule has 10 heteroatoms. The maximum atomic E-state index is 14.4. The van der Waals surface area contributed by atoms with E-state index in [4.69, 9.17) is 14.2 Å². The number of benzene rings is 4. The lowest BCUT2D eigenvalue weighted by molar-refractivity contribution is -0.123. The Bertz CT molecular complexity index is 2380. The van der Waals surface area contributed by atoms with Crippen LogP contribution in [0.3, 0.4) is 0 Å². The second-order valence-electron chi connectivity index (χ2n) is 13.9. The van der Waals surface area contributed by atoms with Crippen molar-refractivity contribution >= 4 is 57.2 Å². The molecule has 0 bridgehead atoms. The Morgan fingerprint density at radius 1 is 0.836 bits per heavy atom. The first kappa shape index (κ1) is 36.0. The Hall–Kier alpha value is -6.00. The van der Waals surface area contributed by atoms with Gasteiger partial charge in [-0.2, -0.15) is 0 Å². The second-order valence-corrected chi connectivity index (χ2v) is 14.8. The lowest BCUT2D eigenvalue weighted by Crippen LogP contribution is -2.39. The molecule has 4 atom stereocenters. The van der Waals surface area contributed by atoms with Crippen molar-refractivity contribution in [3.63, 3.8) is 0 Å². The normalized spacial score (nSPS) is 21.9. The van der Waals surface area contributed by atoms with Crippen molar-refractivity contribution in [1.29, 1.82) is 0 Å². The molecular formula is C45H36BrNO8. The summed E-state index contributed by atoms with van der Waals surface area (Å²) in [4.78, 5) is 57.1. The fourth-order valence-electron chi connectivity index (χ4n) is 8.30. The first-order valence-electron chi connectivity index (χ1n) is 17.9. The lowest BCUT2D eigenvalue weighted by atomic mass is 9.59. The zero-order valence-corrected chi connectivity index (χ0v) is 31.6. The summed E-state index contributed by atoms with van der Waals surface area (Å²) >= 11 is 3.27. The van der Waals surface area contributed by atoms with Gasteiger partial charge in [-0.25, -0.2) is 0 Å². The van der Waals surface area contributed by atoms with E-state index in [0.29, 0.717) is 40.7 Å². The number of rotatable bonds is 9. The molecule has 1 N–H and O–H groups in total. The number of phenols is 1. The number of amides is 2. The monoisotopic (exact) mass is 797 g/mol. The number of carbonyl (C=O) groups is 4. The summed E-state index contributed by atoms with van der Waals surface area (Å²) < 4.78 is 16.9. The average molecular weight is 799 g/mol. The number of phenolic OH excluding ortho intramolecular Hbond substituents is 1. The molecule has 0 aromatic heterocycles. The van der Waals surface area contributed by atoms with Crippen molar-refractivity contribution in [3.8, 4) is 23.0 Å². The van der Waals surface area contributed by atoms with Crippen LogP contribution in [0.5, 0.6) is 23.0 Å². The first-order chi connectivity index (χ1) is 26.7. The minimum atomic E-state index is -0.794. The summed E-state index contributed by atoms with van der Waals surface area (Å²) in [6.07, 6.45) is 7.41. The number of methoxy groups -OCH3 is 2. The summed E-state index contributed by atoms with van der Waals surface area (Å²) in [7, 11) is 3.20. The largest absolute Gasteiger partial charge is 0.507 e. The Morgan fingerprint density at radius 3 is 2.33 bits per heavy atom. The van der Waals surface area contributed by atoms with Crippen molar-refractivity contribution in [1.82, 2.24) is 0 Å². The van der Waals surface area contributed by atoms with E-state index in [2.05, 4.69) is 15.9 Å². The molecule has 8 rings (SSSR count). The highest BCUT2D eigenvalue weighted by Crippen LogP contribution is 2.56. The molecule has 1 heterocycles. The molecule has 9 nitrogen and oxygen atoms in total. The number of aromatic hydroxyl groups is 1. The van der Waals surface area contributed by atoms with Crippen LogP contribution < -0.4 is 19.1 Å². The summed E-state index contributed by atoms with van der Waals surface area (Å²) in [5.74, 6) is -2.36. The topological polar surface area (TPSA) is 119 Å². The van der Waals surface area contributed by atoms with Gasteiger partial charge in [-0.15, -0.1) is 0 Å². The third kappa shape index (κ3) is 6.50. The van der Waals surface area contributed by atoms with Crippen molar-refractivity contribution in [2.24, 2.45) is 17.8 Å². The van der Waals surface area contributed by atoms with Crippen LogP contribution >= 0.6 is 15.9 Å². The van der Waals surface area contributed by atoms with E-state index >= 15 is 0 Å². The van der Waals surface area contributed by atoms with Gasteiger partial charge >= 0.3 is 0 Å². The molecule has 276 valence electrons. The van der Waals surface area contributed by atoms with E-state index in [-0.39, 0.29) is 52.0 Å². The molecule has 0 saturated carbocycles. The minimum absolute atomic E-state index is 0.102. The van der Waals surface area contributed by atoms with Crippen molar-refractivity contribution in [2.45, 2.75) is 25.4 Å². The molecule has 0 spiro atoms. The molecule has 1 aliphatic heterocycles. The third-order valence-electron chi connectivity index (χ3n) is 10.9. The molecular weight excluding hydrogens is 762 g/mol. The number of hydrogen-bond acceptors (Lipinski definition) is 8. The molecule has 4 aliphatic rings. The number of imide groups is 1. The molecule has 4 aromatic carbocycles. The average Bonchev–Trinajstić information content (AvgIpc) is 3.47. The minimum Gasteiger partial charge on any atom is -0.507 e. The van der Waals surface area contributed by atoms with E-state index < -0.39 is 23.7 Å². The van der Waals surface area contributed by atoms with Crippen LogP contribution in [0.2, 0.25) is 0 Å². The van der Waals surface area contributed by atoms with Crippen LogP contribution in [0.25, 0.3) is 12.2 Å². The van der Waals surface area contributed by atoms with Gasteiger partial charge in [0.25, 0.3) is 0 Å². The van der Waals surface area contributed by atoms with Crippen molar-refractivity contribution < 1.29 is 38.5 Å². The molecule has 2 amide bonds. The number of fused-ring (bicyclic) bond motifs is 3. The Morgan fingerprint density at radius 2 is 1.60 bits per heavy atom. The van der Waals surface area contributed by atoms with Crippen LogP contribution in [-0.4, -0.2) is 42.7 Å². The number of ketones is 2. The van der Waals surface area contributed by atoms with Gasteiger partial charge in [0, 0.05) is 40.3 Å². The van der Waals surface area contributed by atoms with Crippen molar-refractivity contribution in [3.05, 3.63) is 147 Å². The van der Waals surface area contributed by atoms with E-state index in [9.17, 15) is 24.3 Å². The Labute approximate surface area is 326 Å². The SMILES string of the molecule is COc1ccc(OC)c(C=Cc2ccc(N3C(=O)C4CC=C5C(c6ccc(OCc7ccccc7)cc6O)C6=C(CC5C4C3=O)C(=O)C(Br)=CC6=O)cc2)c1. The maximum Gasteiger partial charge on any atom is 0.238 e.